The zero-order valence-electron chi connectivity index (χ0n) is 16.1. The van der Waals surface area contributed by atoms with Crippen LogP contribution < -0.4 is 10.1 Å². The maximum absolute atomic E-state index is 5.62. The van der Waals surface area contributed by atoms with Gasteiger partial charge in [0, 0.05) is 23.9 Å². The molecule has 2 aliphatic rings. The van der Waals surface area contributed by atoms with E-state index in [4.69, 9.17) is 14.2 Å². The molecule has 2 saturated carbocycles. The highest BCUT2D eigenvalue weighted by Gasteiger charge is 2.46. The molecule has 2 fully saturated rings. The van der Waals surface area contributed by atoms with E-state index in [0.717, 1.165) is 36.5 Å². The Morgan fingerprint density at radius 2 is 1.89 bits per heavy atom. The molecule has 5 rings (SSSR count). The molecule has 2 atom stereocenters. The van der Waals surface area contributed by atoms with Crippen molar-refractivity contribution >= 4 is 0 Å². The van der Waals surface area contributed by atoms with Gasteiger partial charge in [-0.1, -0.05) is 54.0 Å². The van der Waals surface area contributed by atoms with E-state index < -0.39 is 0 Å². The van der Waals surface area contributed by atoms with Crippen LogP contribution in [-0.2, 0) is 5.41 Å². The molecule has 0 saturated heterocycles. The predicted molar refractivity (Wildman–Crippen MR) is 107 cm³/mol. The van der Waals surface area contributed by atoms with Crippen molar-refractivity contribution in [3.05, 3.63) is 66.0 Å². The Morgan fingerprint density at radius 3 is 2.64 bits per heavy atom. The molecule has 144 valence electrons. The fourth-order valence-electron chi connectivity index (χ4n) is 4.27. The van der Waals surface area contributed by atoms with Crippen LogP contribution in [0.15, 0.2) is 59.1 Å². The van der Waals surface area contributed by atoms with Crippen LogP contribution in [0.1, 0.15) is 43.0 Å². The van der Waals surface area contributed by atoms with Gasteiger partial charge >= 0.3 is 0 Å². The smallest absolute Gasteiger partial charge is 0.261 e. The van der Waals surface area contributed by atoms with Crippen LogP contribution in [0.5, 0.6) is 5.75 Å². The number of rotatable bonds is 7. The van der Waals surface area contributed by atoms with E-state index >= 15 is 0 Å². The maximum Gasteiger partial charge on any atom is 0.261 e. The third-order valence-electron chi connectivity index (χ3n) is 6.27. The molecule has 0 amide bonds. The van der Waals surface area contributed by atoms with Crippen molar-refractivity contribution in [2.45, 2.75) is 43.1 Å². The summed E-state index contributed by atoms with van der Waals surface area (Å²) in [6, 6.07) is 19.1. The van der Waals surface area contributed by atoms with Crippen molar-refractivity contribution in [3.63, 3.8) is 0 Å². The second-order valence-corrected chi connectivity index (χ2v) is 8.00. The van der Waals surface area contributed by atoms with Gasteiger partial charge in [0.25, 0.3) is 5.89 Å². The summed E-state index contributed by atoms with van der Waals surface area (Å²) in [5, 5.41) is 8.13. The van der Waals surface area contributed by atoms with Gasteiger partial charge in [0.15, 0.2) is 5.82 Å². The standard InChI is InChI=1S/C23H25N3O2/c1-27-20-11-6-5-10-17(20)21-25-22(26-28-21)23(12-7-13-23)15-24-19-14-18(19)16-8-3-2-4-9-16/h2-6,8-11,18-19,24H,7,12-15H2,1H3/t18-,19+/m1/s1. The first-order valence-electron chi connectivity index (χ1n) is 10.0. The topological polar surface area (TPSA) is 60.2 Å². The highest BCUT2D eigenvalue weighted by atomic mass is 16.5. The third kappa shape index (κ3) is 3.10. The van der Waals surface area contributed by atoms with E-state index in [9.17, 15) is 0 Å². The van der Waals surface area contributed by atoms with Gasteiger partial charge in [-0.05, 0) is 37.0 Å². The van der Waals surface area contributed by atoms with Gasteiger partial charge < -0.3 is 14.6 Å². The van der Waals surface area contributed by atoms with Gasteiger partial charge in [-0.25, -0.2) is 0 Å². The summed E-state index contributed by atoms with van der Waals surface area (Å²) in [6.07, 6.45) is 4.63. The molecular weight excluding hydrogens is 350 g/mol. The molecule has 2 aliphatic carbocycles. The number of aromatic nitrogens is 2. The van der Waals surface area contributed by atoms with E-state index in [-0.39, 0.29) is 5.41 Å². The van der Waals surface area contributed by atoms with Crippen LogP contribution in [-0.4, -0.2) is 29.8 Å². The second kappa shape index (κ2) is 7.06. The van der Waals surface area contributed by atoms with E-state index in [1.165, 1.54) is 18.4 Å². The molecule has 5 nitrogen and oxygen atoms in total. The SMILES string of the molecule is COc1ccccc1-c1nc(C2(CN[C@H]3C[C@@H]3c3ccccc3)CCC2)no1. The van der Waals surface area contributed by atoms with Crippen molar-refractivity contribution in [3.8, 4) is 17.2 Å². The second-order valence-electron chi connectivity index (χ2n) is 8.00. The van der Waals surface area contributed by atoms with Crippen LogP contribution in [0, 0.1) is 0 Å². The van der Waals surface area contributed by atoms with Crippen LogP contribution in [0.25, 0.3) is 11.5 Å². The molecule has 28 heavy (non-hydrogen) atoms. The Morgan fingerprint density at radius 1 is 1.11 bits per heavy atom. The van der Waals surface area contributed by atoms with E-state index in [1.54, 1.807) is 7.11 Å². The molecule has 1 N–H and O–H groups in total. The summed E-state index contributed by atoms with van der Waals surface area (Å²) in [5.41, 5.74) is 2.27. The average Bonchev–Trinajstić information content (AvgIpc) is 3.33. The lowest BCUT2D eigenvalue weighted by Crippen LogP contribution is -2.45. The number of methoxy groups -OCH3 is 1. The van der Waals surface area contributed by atoms with Gasteiger partial charge in [0.1, 0.15) is 5.75 Å². The van der Waals surface area contributed by atoms with Crippen LogP contribution >= 0.6 is 0 Å². The van der Waals surface area contributed by atoms with Crippen molar-refractivity contribution in [2.24, 2.45) is 0 Å². The van der Waals surface area contributed by atoms with Crippen LogP contribution in [0.2, 0.25) is 0 Å². The first kappa shape index (κ1) is 17.4. The van der Waals surface area contributed by atoms with E-state index in [1.807, 2.05) is 24.3 Å². The highest BCUT2D eigenvalue weighted by molar-refractivity contribution is 5.62. The lowest BCUT2D eigenvalue weighted by atomic mass is 9.68. The van der Waals surface area contributed by atoms with Gasteiger partial charge in [-0.15, -0.1) is 0 Å². The van der Waals surface area contributed by atoms with Gasteiger partial charge in [0.05, 0.1) is 12.7 Å². The normalized spacial score (nSPS) is 22.5. The highest BCUT2D eigenvalue weighted by Crippen LogP contribution is 2.45. The van der Waals surface area contributed by atoms with Gasteiger partial charge in [-0.3, -0.25) is 0 Å². The van der Waals surface area contributed by atoms with Crippen LogP contribution in [0.4, 0.5) is 0 Å². The minimum absolute atomic E-state index is 0.00636. The first-order chi connectivity index (χ1) is 13.8. The lowest BCUT2D eigenvalue weighted by molar-refractivity contribution is 0.211. The summed E-state index contributed by atoms with van der Waals surface area (Å²) in [7, 11) is 1.66. The molecule has 0 radical (unpaired) electrons. The van der Waals surface area contributed by atoms with Crippen molar-refractivity contribution < 1.29 is 9.26 Å². The van der Waals surface area contributed by atoms with Crippen molar-refractivity contribution in [2.75, 3.05) is 13.7 Å². The largest absolute Gasteiger partial charge is 0.496 e. The molecule has 0 unspecified atom stereocenters. The van der Waals surface area contributed by atoms with Crippen molar-refractivity contribution in [1.29, 1.82) is 0 Å². The molecule has 3 aromatic rings. The molecular formula is C23H25N3O2. The Bertz CT molecular complexity index is 949. The summed E-state index contributed by atoms with van der Waals surface area (Å²) in [6.45, 7) is 0.909. The zero-order chi connectivity index (χ0) is 19.0. The predicted octanol–water partition coefficient (Wildman–Crippen LogP) is 4.31. The molecule has 2 aromatic carbocycles. The summed E-state index contributed by atoms with van der Waals surface area (Å²) >= 11 is 0. The van der Waals surface area contributed by atoms with Gasteiger partial charge in [0.2, 0.25) is 0 Å². The minimum Gasteiger partial charge on any atom is -0.496 e. The number of hydrogen-bond acceptors (Lipinski definition) is 5. The Hall–Kier alpha value is -2.66. The lowest BCUT2D eigenvalue weighted by Gasteiger charge is -2.39. The Kier molecular flexibility index (Phi) is 4.40. The van der Waals surface area contributed by atoms with Gasteiger partial charge in [-0.2, -0.15) is 4.98 Å². The molecule has 0 spiro atoms. The first-order valence-corrected chi connectivity index (χ1v) is 10.0. The quantitative estimate of drug-likeness (QED) is 0.667. The summed E-state index contributed by atoms with van der Waals surface area (Å²) in [5.74, 6) is 2.74. The van der Waals surface area contributed by atoms with Crippen LogP contribution in [0.3, 0.4) is 0 Å². The van der Waals surface area contributed by atoms with E-state index in [2.05, 4.69) is 40.8 Å². The Balaban J connectivity index is 1.29. The summed E-state index contributed by atoms with van der Waals surface area (Å²) < 4.78 is 11.1. The number of ether oxygens (including phenoxy) is 1. The minimum atomic E-state index is -0.00636. The number of benzene rings is 2. The average molecular weight is 375 g/mol. The summed E-state index contributed by atoms with van der Waals surface area (Å²) in [4.78, 5) is 4.76. The number of hydrogen-bond donors (Lipinski definition) is 1. The fourth-order valence-corrected chi connectivity index (χ4v) is 4.27. The monoisotopic (exact) mass is 375 g/mol. The number of para-hydroxylation sites is 1. The Labute approximate surface area is 165 Å². The molecule has 0 bridgehead atoms. The zero-order valence-corrected chi connectivity index (χ0v) is 16.1. The maximum atomic E-state index is 5.62. The number of nitrogens with one attached hydrogen (secondary N) is 1. The third-order valence-corrected chi connectivity index (χ3v) is 6.27. The molecule has 0 aliphatic heterocycles. The number of nitrogens with zero attached hydrogens (tertiary/aromatic N) is 2. The molecule has 1 heterocycles. The fraction of sp³-hybridized carbons (Fsp3) is 0.391. The molecule has 1 aromatic heterocycles. The van der Waals surface area contributed by atoms with Crippen molar-refractivity contribution in [1.82, 2.24) is 15.5 Å². The van der Waals surface area contributed by atoms with E-state index in [0.29, 0.717) is 17.9 Å². The molecule has 5 heteroatoms.